The van der Waals surface area contributed by atoms with Crippen LogP contribution in [0.5, 0.6) is 0 Å². The molecule has 0 bridgehead atoms. The van der Waals surface area contributed by atoms with E-state index in [0.29, 0.717) is 29.5 Å². The fourth-order valence-electron chi connectivity index (χ4n) is 2.37. The van der Waals surface area contributed by atoms with E-state index in [1.165, 1.54) is 23.1 Å². The summed E-state index contributed by atoms with van der Waals surface area (Å²) in [5.41, 5.74) is 1.28. The first kappa shape index (κ1) is 22.9. The third kappa shape index (κ3) is 7.86. The first-order valence-electron chi connectivity index (χ1n) is 9.38. The number of thioether (sulfide) groups is 1. The van der Waals surface area contributed by atoms with E-state index in [1.807, 2.05) is 31.2 Å². The number of hydrogen-bond donors (Lipinski definition) is 2. The molecule has 2 N–H and O–H groups in total. The number of anilines is 2. The van der Waals surface area contributed by atoms with Gasteiger partial charge in [0.2, 0.25) is 11.8 Å². The van der Waals surface area contributed by atoms with Gasteiger partial charge in [0.05, 0.1) is 24.0 Å². The normalized spacial score (nSPS) is 11.6. The van der Waals surface area contributed by atoms with Gasteiger partial charge in [0.25, 0.3) is 0 Å². The summed E-state index contributed by atoms with van der Waals surface area (Å²) in [5.74, 6) is -0.555. The van der Waals surface area contributed by atoms with Crippen molar-refractivity contribution in [1.82, 2.24) is 4.98 Å². The second-order valence-corrected chi connectivity index (χ2v) is 8.47. The Balaban J connectivity index is 1.90. The smallest absolute Gasteiger partial charge is 0.311 e. The molecular formula is C20H25N3O4S2. The summed E-state index contributed by atoms with van der Waals surface area (Å²) >= 11 is 2.66. The predicted molar refractivity (Wildman–Crippen MR) is 116 cm³/mol. The van der Waals surface area contributed by atoms with Gasteiger partial charge in [0.1, 0.15) is 0 Å². The monoisotopic (exact) mass is 435 g/mol. The van der Waals surface area contributed by atoms with Crippen molar-refractivity contribution in [2.75, 3.05) is 17.2 Å². The molecule has 7 nitrogen and oxygen atoms in total. The molecule has 0 radical (unpaired) electrons. The lowest BCUT2D eigenvalue weighted by Crippen LogP contribution is -2.22. The van der Waals surface area contributed by atoms with Gasteiger partial charge in [-0.25, -0.2) is 4.98 Å². The second kappa shape index (κ2) is 11.6. The van der Waals surface area contributed by atoms with Gasteiger partial charge in [-0.05, 0) is 38.5 Å². The Bertz CT molecular complexity index is 854. The quantitative estimate of drug-likeness (QED) is 0.431. The molecule has 0 aliphatic carbocycles. The Labute approximate surface area is 178 Å². The van der Waals surface area contributed by atoms with Gasteiger partial charge in [-0.2, -0.15) is 0 Å². The number of amides is 2. The summed E-state index contributed by atoms with van der Waals surface area (Å²) in [4.78, 5) is 40.9. The summed E-state index contributed by atoms with van der Waals surface area (Å²) < 4.78 is 4.90. The zero-order chi connectivity index (χ0) is 21.2. The molecule has 0 saturated heterocycles. The molecule has 2 rings (SSSR count). The molecule has 0 spiro atoms. The van der Waals surface area contributed by atoms with Crippen LogP contribution in [0.2, 0.25) is 0 Å². The van der Waals surface area contributed by atoms with E-state index < -0.39 is 0 Å². The van der Waals surface area contributed by atoms with Crippen LogP contribution in [-0.2, 0) is 25.5 Å². The van der Waals surface area contributed by atoms with E-state index in [-0.39, 0.29) is 29.5 Å². The van der Waals surface area contributed by atoms with Crippen LogP contribution in [0.3, 0.4) is 0 Å². The number of hydrogen-bond acceptors (Lipinski definition) is 7. The van der Waals surface area contributed by atoms with Crippen LogP contribution in [0.4, 0.5) is 10.8 Å². The van der Waals surface area contributed by atoms with Gasteiger partial charge in [-0.15, -0.1) is 23.1 Å². The van der Waals surface area contributed by atoms with Crippen molar-refractivity contribution < 1.29 is 19.1 Å². The van der Waals surface area contributed by atoms with E-state index >= 15 is 0 Å². The molecule has 1 heterocycles. The lowest BCUT2D eigenvalue weighted by atomic mass is 10.3. The maximum atomic E-state index is 12.5. The van der Waals surface area contributed by atoms with E-state index in [2.05, 4.69) is 15.6 Å². The standard InChI is InChI=1S/C20H25N3O4S2/c1-4-7-17(24)21-14-8-6-9-16(10-14)29-13(3)19(26)23-20-22-15(12-28-20)11-18(25)27-5-2/h6,8-10,12-13H,4-5,7,11H2,1-3H3,(H,21,24)(H,22,23,26). The third-order valence-corrected chi connectivity index (χ3v) is 5.59. The van der Waals surface area contributed by atoms with Crippen molar-refractivity contribution >= 4 is 51.7 Å². The Morgan fingerprint density at radius 2 is 2.03 bits per heavy atom. The van der Waals surface area contributed by atoms with E-state index in [0.717, 1.165) is 11.3 Å². The molecule has 0 aliphatic heterocycles. The SMILES string of the molecule is CCCC(=O)Nc1cccc(SC(C)C(=O)Nc2nc(CC(=O)OCC)cs2)c1. The molecule has 156 valence electrons. The first-order chi connectivity index (χ1) is 13.9. The number of carbonyl (C=O) groups is 3. The van der Waals surface area contributed by atoms with E-state index in [4.69, 9.17) is 4.74 Å². The fraction of sp³-hybridized carbons (Fsp3) is 0.400. The average Bonchev–Trinajstić information content (AvgIpc) is 3.09. The average molecular weight is 436 g/mol. The minimum atomic E-state index is -0.367. The number of ether oxygens (including phenoxy) is 1. The molecule has 1 atom stereocenters. The summed E-state index contributed by atoms with van der Waals surface area (Å²) in [6.07, 6.45) is 1.35. The molecule has 1 aromatic carbocycles. The minimum Gasteiger partial charge on any atom is -0.466 e. The van der Waals surface area contributed by atoms with Crippen molar-refractivity contribution in [2.45, 2.75) is 50.2 Å². The second-order valence-electron chi connectivity index (χ2n) is 6.20. The topological polar surface area (TPSA) is 97.4 Å². The molecule has 0 saturated carbocycles. The zero-order valence-corrected chi connectivity index (χ0v) is 18.3. The summed E-state index contributed by atoms with van der Waals surface area (Å²) in [5, 5.41) is 7.44. The third-order valence-electron chi connectivity index (χ3n) is 3.69. The van der Waals surface area contributed by atoms with Crippen molar-refractivity contribution in [3.05, 3.63) is 35.3 Å². The molecule has 1 aromatic heterocycles. The molecule has 1 unspecified atom stereocenters. The maximum Gasteiger partial charge on any atom is 0.311 e. The van der Waals surface area contributed by atoms with Crippen molar-refractivity contribution in [1.29, 1.82) is 0 Å². The largest absolute Gasteiger partial charge is 0.466 e. The van der Waals surface area contributed by atoms with Crippen molar-refractivity contribution in [3.63, 3.8) is 0 Å². The molecule has 0 fully saturated rings. The number of nitrogens with one attached hydrogen (secondary N) is 2. The number of nitrogens with zero attached hydrogens (tertiary/aromatic N) is 1. The van der Waals surface area contributed by atoms with Gasteiger partial charge in [-0.1, -0.05) is 13.0 Å². The van der Waals surface area contributed by atoms with Crippen molar-refractivity contribution in [3.8, 4) is 0 Å². The van der Waals surface area contributed by atoms with Crippen molar-refractivity contribution in [2.24, 2.45) is 0 Å². The van der Waals surface area contributed by atoms with Gasteiger partial charge < -0.3 is 15.4 Å². The number of benzene rings is 1. The number of aromatic nitrogens is 1. The summed E-state index contributed by atoms with van der Waals surface area (Å²) in [6.45, 7) is 5.83. The number of esters is 1. The lowest BCUT2D eigenvalue weighted by molar-refractivity contribution is -0.142. The Morgan fingerprint density at radius 3 is 2.76 bits per heavy atom. The van der Waals surface area contributed by atoms with Gasteiger partial charge in [-0.3, -0.25) is 14.4 Å². The number of carbonyl (C=O) groups excluding carboxylic acids is 3. The summed E-state index contributed by atoms with van der Waals surface area (Å²) in [7, 11) is 0. The van der Waals surface area contributed by atoms with Crippen LogP contribution >= 0.6 is 23.1 Å². The Hall–Kier alpha value is -2.39. The molecule has 0 aliphatic rings. The Morgan fingerprint density at radius 1 is 1.24 bits per heavy atom. The van der Waals surface area contributed by atoms with E-state index in [9.17, 15) is 14.4 Å². The highest BCUT2D eigenvalue weighted by molar-refractivity contribution is 8.00. The highest BCUT2D eigenvalue weighted by atomic mass is 32.2. The van der Waals surface area contributed by atoms with Gasteiger partial charge >= 0.3 is 5.97 Å². The molecule has 29 heavy (non-hydrogen) atoms. The molecule has 2 aromatic rings. The van der Waals surface area contributed by atoms with Crippen LogP contribution in [0.1, 0.15) is 39.3 Å². The summed E-state index contributed by atoms with van der Waals surface area (Å²) in [6, 6.07) is 7.41. The van der Waals surface area contributed by atoms with E-state index in [1.54, 1.807) is 19.2 Å². The first-order valence-corrected chi connectivity index (χ1v) is 11.1. The van der Waals surface area contributed by atoms with Gasteiger partial charge in [0, 0.05) is 22.4 Å². The molecule has 2 amide bonds. The fourth-order valence-corrected chi connectivity index (χ4v) is 4.01. The zero-order valence-electron chi connectivity index (χ0n) is 16.7. The van der Waals surface area contributed by atoms with Crippen LogP contribution in [-0.4, -0.2) is 34.6 Å². The lowest BCUT2D eigenvalue weighted by Gasteiger charge is -2.12. The highest BCUT2D eigenvalue weighted by Gasteiger charge is 2.17. The Kier molecular flexibility index (Phi) is 9.14. The van der Waals surface area contributed by atoms with Crippen LogP contribution in [0.25, 0.3) is 0 Å². The minimum absolute atomic E-state index is 0.0252. The molecule has 9 heteroatoms. The van der Waals surface area contributed by atoms with Crippen LogP contribution < -0.4 is 10.6 Å². The van der Waals surface area contributed by atoms with Crippen LogP contribution in [0, 0.1) is 0 Å². The van der Waals surface area contributed by atoms with Gasteiger partial charge in [0.15, 0.2) is 5.13 Å². The number of thiazole rings is 1. The highest BCUT2D eigenvalue weighted by Crippen LogP contribution is 2.27. The molecular weight excluding hydrogens is 410 g/mol. The number of rotatable bonds is 10. The maximum absolute atomic E-state index is 12.5. The predicted octanol–water partition coefficient (Wildman–Crippen LogP) is 4.11. The van der Waals surface area contributed by atoms with Crippen LogP contribution in [0.15, 0.2) is 34.5 Å².